The number of carboxylic acid groups (broad SMARTS) is 1. The number of anilines is 1. The molecule has 0 atom stereocenters. The van der Waals surface area contributed by atoms with Crippen LogP contribution < -0.4 is 5.32 Å². The summed E-state index contributed by atoms with van der Waals surface area (Å²) in [6, 6.07) is 13.8. The molecule has 3 heterocycles. The molecule has 37 heavy (non-hydrogen) atoms. The molecule has 1 aliphatic heterocycles. The summed E-state index contributed by atoms with van der Waals surface area (Å²) in [5.41, 5.74) is 4.29. The first-order chi connectivity index (χ1) is 17.9. The highest BCUT2D eigenvalue weighted by Crippen LogP contribution is 2.35. The Hall–Kier alpha value is -3.93. The van der Waals surface area contributed by atoms with Crippen molar-refractivity contribution in [1.82, 2.24) is 14.9 Å². The van der Waals surface area contributed by atoms with Crippen LogP contribution in [0.2, 0.25) is 0 Å². The summed E-state index contributed by atoms with van der Waals surface area (Å²) >= 11 is 8.12. The minimum absolute atomic E-state index is 0.0500. The summed E-state index contributed by atoms with van der Waals surface area (Å²) in [7, 11) is 0. The van der Waals surface area contributed by atoms with Crippen molar-refractivity contribution in [2.75, 3.05) is 11.9 Å². The number of carboxylic acids is 1. The van der Waals surface area contributed by atoms with Crippen molar-refractivity contribution in [2.24, 2.45) is 0 Å². The van der Waals surface area contributed by atoms with E-state index < -0.39 is 5.97 Å². The summed E-state index contributed by atoms with van der Waals surface area (Å²) < 4.78 is 0.403. The van der Waals surface area contributed by atoms with E-state index in [2.05, 4.69) is 15.3 Å². The van der Waals surface area contributed by atoms with Crippen LogP contribution in [0.1, 0.15) is 21.7 Å². The number of benzene rings is 2. The molecule has 0 spiro atoms. The van der Waals surface area contributed by atoms with Crippen LogP contribution >= 0.6 is 35.3 Å². The molecule has 2 N–H and O–H groups in total. The SMILES string of the molecule is O=C(CCN1C(=O)/C(=C/c2cc(-c3ccc4nccnc4c3)cs2)SC1=S)Nc1ccc(C(=O)O)cc1. The van der Waals surface area contributed by atoms with Gasteiger partial charge in [-0.15, -0.1) is 11.3 Å². The van der Waals surface area contributed by atoms with Gasteiger partial charge in [0.25, 0.3) is 5.91 Å². The summed E-state index contributed by atoms with van der Waals surface area (Å²) in [6.07, 6.45) is 5.19. The van der Waals surface area contributed by atoms with Crippen LogP contribution in [0.4, 0.5) is 5.69 Å². The van der Waals surface area contributed by atoms with Crippen molar-refractivity contribution in [3.8, 4) is 11.1 Å². The Labute approximate surface area is 225 Å². The zero-order valence-electron chi connectivity index (χ0n) is 19.1. The molecule has 11 heteroatoms. The normalized spacial score (nSPS) is 14.5. The summed E-state index contributed by atoms with van der Waals surface area (Å²) in [4.78, 5) is 47.8. The van der Waals surface area contributed by atoms with Crippen LogP contribution in [-0.4, -0.2) is 48.6 Å². The fourth-order valence-electron chi connectivity index (χ4n) is 3.68. The van der Waals surface area contributed by atoms with Gasteiger partial charge < -0.3 is 10.4 Å². The fourth-order valence-corrected chi connectivity index (χ4v) is 5.90. The maximum Gasteiger partial charge on any atom is 0.335 e. The molecule has 0 saturated carbocycles. The van der Waals surface area contributed by atoms with E-state index in [4.69, 9.17) is 17.3 Å². The average Bonchev–Trinajstić information content (AvgIpc) is 3.47. The number of fused-ring (bicyclic) bond motifs is 1. The van der Waals surface area contributed by atoms with Crippen LogP contribution in [0, 0.1) is 0 Å². The molecule has 1 fully saturated rings. The number of aromatic carboxylic acids is 1. The molecule has 0 aliphatic carbocycles. The monoisotopic (exact) mass is 546 g/mol. The van der Waals surface area contributed by atoms with E-state index in [1.807, 2.05) is 35.7 Å². The van der Waals surface area contributed by atoms with E-state index in [9.17, 15) is 14.4 Å². The van der Waals surface area contributed by atoms with Gasteiger partial charge in [0, 0.05) is 35.9 Å². The number of nitrogens with one attached hydrogen (secondary N) is 1. The molecule has 0 unspecified atom stereocenters. The van der Waals surface area contributed by atoms with E-state index in [0.29, 0.717) is 14.9 Å². The lowest BCUT2D eigenvalue weighted by molar-refractivity contribution is -0.122. The largest absolute Gasteiger partial charge is 0.478 e. The van der Waals surface area contributed by atoms with E-state index in [-0.39, 0.29) is 30.3 Å². The number of aromatic nitrogens is 2. The molecule has 2 aromatic heterocycles. The number of thioether (sulfide) groups is 1. The number of thiocarbonyl (C=S) groups is 1. The highest BCUT2D eigenvalue weighted by atomic mass is 32.2. The van der Waals surface area contributed by atoms with Crippen molar-refractivity contribution in [2.45, 2.75) is 6.42 Å². The quantitative estimate of drug-likeness (QED) is 0.238. The Morgan fingerprint density at radius 3 is 2.54 bits per heavy atom. The minimum Gasteiger partial charge on any atom is -0.478 e. The number of hydrogen-bond acceptors (Lipinski definition) is 8. The van der Waals surface area contributed by atoms with Gasteiger partial charge in [0.05, 0.1) is 21.5 Å². The molecule has 8 nitrogen and oxygen atoms in total. The smallest absolute Gasteiger partial charge is 0.335 e. The van der Waals surface area contributed by atoms with Gasteiger partial charge >= 0.3 is 5.97 Å². The second-order valence-corrected chi connectivity index (χ2v) is 10.6. The Morgan fingerprint density at radius 2 is 1.78 bits per heavy atom. The van der Waals surface area contributed by atoms with Crippen LogP contribution in [0.25, 0.3) is 28.2 Å². The molecule has 2 amide bonds. The third-order valence-corrected chi connectivity index (χ3v) is 7.80. The fraction of sp³-hybridized carbons (Fsp3) is 0.0769. The van der Waals surface area contributed by atoms with Gasteiger partial charge in [-0.05, 0) is 65.0 Å². The van der Waals surface area contributed by atoms with E-state index >= 15 is 0 Å². The molecular formula is C26H18N4O4S3. The Morgan fingerprint density at radius 1 is 1.03 bits per heavy atom. The van der Waals surface area contributed by atoms with Gasteiger partial charge in [-0.25, -0.2) is 4.79 Å². The molecule has 4 aromatic rings. The number of carbonyl (C=O) groups is 3. The summed E-state index contributed by atoms with van der Waals surface area (Å²) in [5, 5.41) is 13.7. The average molecular weight is 547 g/mol. The minimum atomic E-state index is -1.04. The van der Waals surface area contributed by atoms with E-state index in [1.54, 1.807) is 12.4 Å². The van der Waals surface area contributed by atoms with Crippen LogP contribution in [0.3, 0.4) is 0 Å². The molecule has 2 aromatic carbocycles. The van der Waals surface area contributed by atoms with Gasteiger partial charge in [0.2, 0.25) is 5.91 Å². The Bertz CT molecular complexity index is 1580. The maximum absolute atomic E-state index is 13.0. The Balaban J connectivity index is 1.22. The number of thiophene rings is 1. The lowest BCUT2D eigenvalue weighted by Crippen LogP contribution is -2.31. The van der Waals surface area contributed by atoms with Gasteiger partial charge in [-0.2, -0.15) is 0 Å². The van der Waals surface area contributed by atoms with Gasteiger partial charge in [-0.1, -0.05) is 30.0 Å². The van der Waals surface area contributed by atoms with Crippen molar-refractivity contribution in [3.63, 3.8) is 0 Å². The summed E-state index contributed by atoms with van der Waals surface area (Å²) in [5.74, 6) is -1.57. The number of rotatable bonds is 7. The number of nitrogens with zero attached hydrogens (tertiary/aromatic N) is 3. The van der Waals surface area contributed by atoms with Crippen molar-refractivity contribution in [3.05, 3.63) is 81.7 Å². The van der Waals surface area contributed by atoms with Crippen LogP contribution in [0.5, 0.6) is 0 Å². The molecular weight excluding hydrogens is 529 g/mol. The first-order valence-corrected chi connectivity index (χ1v) is 13.2. The van der Waals surface area contributed by atoms with Crippen molar-refractivity contribution in [1.29, 1.82) is 0 Å². The zero-order valence-corrected chi connectivity index (χ0v) is 21.5. The van der Waals surface area contributed by atoms with E-state index in [1.165, 1.54) is 52.3 Å². The summed E-state index contributed by atoms with van der Waals surface area (Å²) in [6.45, 7) is 0.148. The maximum atomic E-state index is 13.0. The van der Waals surface area contributed by atoms with Crippen molar-refractivity contribution >= 4 is 80.2 Å². The predicted molar refractivity (Wildman–Crippen MR) is 149 cm³/mol. The first-order valence-electron chi connectivity index (χ1n) is 11.1. The molecule has 1 aliphatic rings. The molecule has 0 bridgehead atoms. The second kappa shape index (κ2) is 10.6. The number of amides is 2. The standard InChI is InChI=1S/C26H18N4O4S3/c31-23(29-18-4-1-15(2-5-18)25(33)34)7-10-30-24(32)22(37-26(30)35)13-19-11-17(14-36-19)16-3-6-20-21(12-16)28-9-8-27-20/h1-6,8-9,11-14H,7,10H2,(H,29,31)(H,33,34)/b22-13-. The van der Waals surface area contributed by atoms with Crippen LogP contribution in [0.15, 0.2) is 71.2 Å². The van der Waals surface area contributed by atoms with Gasteiger partial charge in [0.15, 0.2) is 0 Å². The molecule has 0 radical (unpaired) electrons. The third-order valence-electron chi connectivity index (χ3n) is 5.55. The number of carbonyl (C=O) groups excluding carboxylic acids is 2. The highest BCUT2D eigenvalue weighted by Gasteiger charge is 2.32. The predicted octanol–water partition coefficient (Wildman–Crippen LogP) is 5.29. The second-order valence-electron chi connectivity index (χ2n) is 8.01. The first kappa shape index (κ1) is 24.8. The van der Waals surface area contributed by atoms with Crippen molar-refractivity contribution < 1.29 is 19.5 Å². The van der Waals surface area contributed by atoms with Gasteiger partial charge in [-0.3, -0.25) is 24.5 Å². The van der Waals surface area contributed by atoms with Gasteiger partial charge in [0.1, 0.15) is 4.32 Å². The molecule has 184 valence electrons. The van der Waals surface area contributed by atoms with E-state index in [0.717, 1.165) is 27.0 Å². The lowest BCUT2D eigenvalue weighted by Gasteiger charge is -2.14. The highest BCUT2D eigenvalue weighted by molar-refractivity contribution is 8.26. The number of hydrogen-bond donors (Lipinski definition) is 2. The molecule has 1 saturated heterocycles. The Kier molecular flexibility index (Phi) is 7.08. The topological polar surface area (TPSA) is 112 Å². The lowest BCUT2D eigenvalue weighted by atomic mass is 10.1. The van der Waals surface area contributed by atoms with Crippen LogP contribution in [-0.2, 0) is 9.59 Å². The third kappa shape index (κ3) is 5.58. The zero-order chi connectivity index (χ0) is 25.9. The molecule has 5 rings (SSSR count).